The number of anilines is 1. The first-order chi connectivity index (χ1) is 15.1. The van der Waals surface area contributed by atoms with Crippen LogP contribution < -0.4 is 14.8 Å². The van der Waals surface area contributed by atoms with Gasteiger partial charge < -0.3 is 14.8 Å². The SMILES string of the molecule is COc1cc(C2C3=C(CCCC3=O)Nc3nnnn32)ccc1OCc1cccc(Cl)c1. The molecule has 1 aliphatic heterocycles. The summed E-state index contributed by atoms with van der Waals surface area (Å²) in [5, 5.41) is 15.8. The van der Waals surface area contributed by atoms with Crippen LogP contribution in [0.5, 0.6) is 11.5 Å². The lowest BCUT2D eigenvalue weighted by Gasteiger charge is -2.31. The summed E-state index contributed by atoms with van der Waals surface area (Å²) in [5.41, 5.74) is 3.41. The predicted octanol–water partition coefficient (Wildman–Crippen LogP) is 3.94. The lowest BCUT2D eigenvalue weighted by molar-refractivity contribution is -0.116. The number of carbonyl (C=O) groups is 1. The van der Waals surface area contributed by atoms with Crippen LogP contribution in [0.4, 0.5) is 5.95 Å². The maximum atomic E-state index is 12.8. The molecular weight excluding hydrogens is 418 g/mol. The van der Waals surface area contributed by atoms with Crippen LogP contribution >= 0.6 is 11.6 Å². The van der Waals surface area contributed by atoms with E-state index in [-0.39, 0.29) is 5.78 Å². The van der Waals surface area contributed by atoms with Crippen molar-refractivity contribution in [2.24, 2.45) is 0 Å². The second kappa shape index (κ2) is 8.03. The van der Waals surface area contributed by atoms with Gasteiger partial charge in [0.05, 0.1) is 7.11 Å². The van der Waals surface area contributed by atoms with Crippen LogP contribution in [0.15, 0.2) is 53.7 Å². The number of halogens is 1. The zero-order valence-corrected chi connectivity index (χ0v) is 17.6. The summed E-state index contributed by atoms with van der Waals surface area (Å²) < 4.78 is 13.2. The third-order valence-electron chi connectivity index (χ3n) is 5.52. The van der Waals surface area contributed by atoms with Gasteiger partial charge in [-0.25, -0.2) is 0 Å². The Morgan fingerprint density at radius 1 is 1.19 bits per heavy atom. The lowest BCUT2D eigenvalue weighted by Crippen LogP contribution is -2.31. The average molecular weight is 438 g/mol. The maximum Gasteiger partial charge on any atom is 0.248 e. The Bertz CT molecular complexity index is 1190. The van der Waals surface area contributed by atoms with Crippen LogP contribution in [0, 0.1) is 0 Å². The minimum absolute atomic E-state index is 0.111. The monoisotopic (exact) mass is 437 g/mol. The number of ketones is 1. The highest BCUT2D eigenvalue weighted by Crippen LogP contribution is 2.41. The molecule has 1 N–H and O–H groups in total. The van der Waals surface area contributed by atoms with Crippen molar-refractivity contribution in [3.05, 3.63) is 69.9 Å². The Kier molecular flexibility index (Phi) is 5.07. The van der Waals surface area contributed by atoms with Crippen LogP contribution in [-0.4, -0.2) is 33.1 Å². The van der Waals surface area contributed by atoms with Crippen molar-refractivity contribution in [3.63, 3.8) is 0 Å². The highest BCUT2D eigenvalue weighted by atomic mass is 35.5. The Balaban J connectivity index is 1.49. The van der Waals surface area contributed by atoms with Crippen molar-refractivity contribution in [3.8, 4) is 11.5 Å². The van der Waals surface area contributed by atoms with Crippen LogP contribution in [0.3, 0.4) is 0 Å². The summed E-state index contributed by atoms with van der Waals surface area (Å²) >= 11 is 6.06. The van der Waals surface area contributed by atoms with E-state index >= 15 is 0 Å². The fourth-order valence-electron chi connectivity index (χ4n) is 4.09. The molecule has 8 nitrogen and oxygen atoms in total. The number of nitrogens with zero attached hydrogens (tertiary/aromatic N) is 4. The Labute approximate surface area is 183 Å². The van der Waals surface area contributed by atoms with E-state index in [1.165, 1.54) is 0 Å². The van der Waals surface area contributed by atoms with Crippen LogP contribution in [0.1, 0.15) is 36.4 Å². The number of aromatic nitrogens is 4. The topological polar surface area (TPSA) is 91.2 Å². The molecule has 0 fully saturated rings. The number of hydrogen-bond donors (Lipinski definition) is 1. The zero-order chi connectivity index (χ0) is 21.4. The van der Waals surface area contributed by atoms with Gasteiger partial charge in [0.15, 0.2) is 17.3 Å². The molecule has 2 aliphatic rings. The number of carbonyl (C=O) groups excluding carboxylic acids is 1. The van der Waals surface area contributed by atoms with Gasteiger partial charge >= 0.3 is 0 Å². The van der Waals surface area contributed by atoms with Gasteiger partial charge in [-0.05, 0) is 58.7 Å². The number of benzene rings is 2. The summed E-state index contributed by atoms with van der Waals surface area (Å²) in [4.78, 5) is 12.8. The smallest absolute Gasteiger partial charge is 0.248 e. The molecule has 5 rings (SSSR count). The molecule has 9 heteroatoms. The van der Waals surface area contributed by atoms with Crippen molar-refractivity contribution >= 4 is 23.3 Å². The summed E-state index contributed by atoms with van der Waals surface area (Å²) in [6.07, 6.45) is 2.13. The van der Waals surface area contributed by atoms with Gasteiger partial charge in [-0.3, -0.25) is 4.79 Å². The molecule has 158 valence electrons. The highest BCUT2D eigenvalue weighted by molar-refractivity contribution is 6.30. The molecule has 2 aromatic carbocycles. The number of allylic oxidation sites excluding steroid dienone is 2. The molecule has 0 spiro atoms. The Hall–Kier alpha value is -3.39. The lowest BCUT2D eigenvalue weighted by atomic mass is 9.85. The number of methoxy groups -OCH3 is 1. The molecular formula is C22H20ClN5O3. The van der Waals surface area contributed by atoms with Gasteiger partial charge in [-0.2, -0.15) is 4.68 Å². The Morgan fingerprint density at radius 2 is 2.10 bits per heavy atom. The quantitative estimate of drug-likeness (QED) is 0.646. The van der Waals surface area contributed by atoms with Crippen molar-refractivity contribution in [1.82, 2.24) is 20.2 Å². The molecule has 0 amide bonds. The molecule has 31 heavy (non-hydrogen) atoms. The normalized spacial score (nSPS) is 17.6. The van der Waals surface area contributed by atoms with Crippen LogP contribution in [-0.2, 0) is 11.4 Å². The summed E-state index contributed by atoms with van der Waals surface area (Å²) in [6.45, 7) is 0.356. The molecule has 0 saturated carbocycles. The molecule has 0 radical (unpaired) electrons. The molecule has 2 heterocycles. The third kappa shape index (κ3) is 3.63. The molecule has 1 aliphatic carbocycles. The van der Waals surface area contributed by atoms with Gasteiger partial charge in [0, 0.05) is 22.7 Å². The van der Waals surface area contributed by atoms with E-state index in [0.717, 1.165) is 29.7 Å². The van der Waals surface area contributed by atoms with Gasteiger partial charge in [-0.1, -0.05) is 34.9 Å². The standard InChI is InChI=1S/C22H20ClN5O3/c1-30-19-11-14(8-9-18(19)31-12-13-4-2-5-15(23)10-13)21-20-16(6-3-7-17(20)29)24-22-25-26-27-28(21)22/h2,4-5,8-11,21H,3,6-7,12H2,1H3,(H,24,25,27). The predicted molar refractivity (Wildman–Crippen MR) is 114 cm³/mol. The highest BCUT2D eigenvalue weighted by Gasteiger charge is 2.36. The van der Waals surface area contributed by atoms with E-state index in [4.69, 9.17) is 21.1 Å². The second-order valence-electron chi connectivity index (χ2n) is 7.47. The van der Waals surface area contributed by atoms with Crippen molar-refractivity contribution in [1.29, 1.82) is 0 Å². The first kappa shape index (κ1) is 19.6. The van der Waals surface area contributed by atoms with E-state index in [1.807, 2.05) is 42.5 Å². The molecule has 3 aromatic rings. The number of hydrogen-bond acceptors (Lipinski definition) is 7. The third-order valence-corrected chi connectivity index (χ3v) is 5.75. The van der Waals surface area contributed by atoms with E-state index in [0.29, 0.717) is 41.1 Å². The number of Topliss-reactive ketones (excluding diaryl/α,β-unsaturated/α-hetero) is 1. The van der Waals surface area contributed by atoms with Gasteiger partial charge in [0.2, 0.25) is 5.95 Å². The molecule has 1 unspecified atom stereocenters. The van der Waals surface area contributed by atoms with E-state index < -0.39 is 6.04 Å². The van der Waals surface area contributed by atoms with Crippen molar-refractivity contribution < 1.29 is 14.3 Å². The number of rotatable bonds is 5. The summed E-state index contributed by atoms with van der Waals surface area (Å²) in [5.74, 6) is 1.80. The van der Waals surface area contributed by atoms with E-state index in [2.05, 4.69) is 20.8 Å². The Morgan fingerprint density at radius 3 is 2.94 bits per heavy atom. The fourth-order valence-corrected chi connectivity index (χ4v) is 4.30. The maximum absolute atomic E-state index is 12.8. The average Bonchev–Trinajstić information content (AvgIpc) is 3.24. The number of ether oxygens (including phenoxy) is 2. The summed E-state index contributed by atoms with van der Waals surface area (Å²) in [7, 11) is 1.59. The van der Waals surface area contributed by atoms with Crippen molar-refractivity contribution in [2.75, 3.05) is 12.4 Å². The first-order valence-corrected chi connectivity index (χ1v) is 10.4. The number of nitrogens with one attached hydrogen (secondary N) is 1. The van der Waals surface area contributed by atoms with Crippen LogP contribution in [0.2, 0.25) is 5.02 Å². The first-order valence-electron chi connectivity index (χ1n) is 10.0. The van der Waals surface area contributed by atoms with Gasteiger partial charge in [-0.15, -0.1) is 0 Å². The summed E-state index contributed by atoms with van der Waals surface area (Å²) in [6, 6.07) is 12.7. The van der Waals surface area contributed by atoms with Gasteiger partial charge in [0.1, 0.15) is 12.6 Å². The minimum Gasteiger partial charge on any atom is -0.493 e. The molecule has 1 aromatic heterocycles. The molecule has 1 atom stereocenters. The molecule has 0 saturated heterocycles. The fraction of sp³-hybridized carbons (Fsp3) is 0.273. The minimum atomic E-state index is -0.412. The van der Waals surface area contributed by atoms with E-state index in [1.54, 1.807) is 11.8 Å². The number of tetrazole rings is 1. The van der Waals surface area contributed by atoms with Crippen molar-refractivity contribution in [2.45, 2.75) is 31.9 Å². The largest absolute Gasteiger partial charge is 0.493 e. The second-order valence-corrected chi connectivity index (χ2v) is 7.91. The van der Waals surface area contributed by atoms with Crippen LogP contribution in [0.25, 0.3) is 0 Å². The molecule has 0 bridgehead atoms. The van der Waals surface area contributed by atoms with E-state index in [9.17, 15) is 4.79 Å². The zero-order valence-electron chi connectivity index (χ0n) is 16.8. The van der Waals surface area contributed by atoms with Gasteiger partial charge in [0.25, 0.3) is 0 Å². The number of fused-ring (bicyclic) bond motifs is 1.